The van der Waals surface area contributed by atoms with Crippen molar-refractivity contribution in [1.82, 2.24) is 0 Å². The van der Waals surface area contributed by atoms with Gasteiger partial charge in [-0.2, -0.15) is 0 Å². The number of hydrogen-bond acceptors (Lipinski definition) is 2. The lowest BCUT2D eigenvalue weighted by Gasteiger charge is -2.12. The molecule has 2 rings (SSSR count). The third kappa shape index (κ3) is 4.50. The molecule has 0 saturated carbocycles. The first-order chi connectivity index (χ1) is 10.2. The molecule has 0 aromatic heterocycles. The van der Waals surface area contributed by atoms with Gasteiger partial charge < -0.3 is 9.84 Å². The molecular formula is C18H20BrO2. The minimum Gasteiger partial charge on any atom is -0.507 e. The standard InChI is InChI=1S/C18H20BrO2/c1-2-4-16-17(20)5-3-6-18(16)21-13-15-9-7-14(8-10-15)11-12-19/h3,6-10,20H,2,4,11-13H2,1H3. The van der Waals surface area contributed by atoms with Gasteiger partial charge in [0.2, 0.25) is 0 Å². The largest absolute Gasteiger partial charge is 0.507 e. The van der Waals surface area contributed by atoms with Gasteiger partial charge in [0.05, 0.1) is 0 Å². The maximum Gasteiger partial charge on any atom is 0.130 e. The van der Waals surface area contributed by atoms with Crippen LogP contribution in [0.2, 0.25) is 0 Å². The van der Waals surface area contributed by atoms with Crippen LogP contribution in [0.25, 0.3) is 0 Å². The summed E-state index contributed by atoms with van der Waals surface area (Å²) in [4.78, 5) is 0. The zero-order valence-electron chi connectivity index (χ0n) is 12.2. The van der Waals surface area contributed by atoms with Crippen LogP contribution in [0.3, 0.4) is 0 Å². The molecule has 2 aromatic carbocycles. The van der Waals surface area contributed by atoms with Gasteiger partial charge in [-0.25, -0.2) is 0 Å². The average Bonchev–Trinajstić information content (AvgIpc) is 2.50. The number of halogens is 1. The van der Waals surface area contributed by atoms with Gasteiger partial charge in [0, 0.05) is 17.0 Å². The molecule has 2 nitrogen and oxygen atoms in total. The molecule has 0 fully saturated rings. The number of rotatable bonds is 7. The zero-order chi connectivity index (χ0) is 15.1. The normalized spacial score (nSPS) is 10.6. The summed E-state index contributed by atoms with van der Waals surface area (Å²) in [5.41, 5.74) is 3.29. The van der Waals surface area contributed by atoms with Crippen LogP contribution in [0.5, 0.6) is 11.5 Å². The molecular weight excluding hydrogens is 328 g/mol. The molecule has 3 heteroatoms. The van der Waals surface area contributed by atoms with Gasteiger partial charge >= 0.3 is 0 Å². The summed E-state index contributed by atoms with van der Waals surface area (Å²) in [7, 11) is 0. The molecule has 0 spiro atoms. The summed E-state index contributed by atoms with van der Waals surface area (Å²) >= 11 is 3.44. The molecule has 0 aliphatic rings. The van der Waals surface area contributed by atoms with Crippen molar-refractivity contribution in [2.75, 3.05) is 5.33 Å². The van der Waals surface area contributed by atoms with E-state index in [-0.39, 0.29) is 5.75 Å². The molecule has 0 unspecified atom stereocenters. The fourth-order valence-corrected chi connectivity index (χ4v) is 2.66. The monoisotopic (exact) mass is 347 g/mol. The summed E-state index contributed by atoms with van der Waals surface area (Å²) in [6.45, 7) is 2.59. The number of phenolic OH excluding ortho intramolecular Hbond substituents is 1. The highest BCUT2D eigenvalue weighted by molar-refractivity contribution is 9.09. The highest BCUT2D eigenvalue weighted by Crippen LogP contribution is 2.29. The van der Waals surface area contributed by atoms with E-state index in [1.807, 2.05) is 6.07 Å². The number of hydrogen-bond donors (Lipinski definition) is 1. The second-order valence-electron chi connectivity index (χ2n) is 4.96. The van der Waals surface area contributed by atoms with Crippen molar-refractivity contribution >= 4 is 15.9 Å². The van der Waals surface area contributed by atoms with E-state index in [1.54, 1.807) is 6.07 Å². The van der Waals surface area contributed by atoms with E-state index >= 15 is 0 Å². The summed E-state index contributed by atoms with van der Waals surface area (Å²) < 4.78 is 5.87. The molecule has 0 aliphatic heterocycles. The van der Waals surface area contributed by atoms with E-state index in [0.29, 0.717) is 6.61 Å². The van der Waals surface area contributed by atoms with E-state index in [1.165, 1.54) is 5.56 Å². The fourth-order valence-electron chi connectivity index (χ4n) is 2.20. The van der Waals surface area contributed by atoms with Gasteiger partial charge in [-0.05, 0) is 36.1 Å². The number of aryl methyl sites for hydroxylation is 1. The SMILES string of the molecule is CCCc1c(O)[c]ccc1OCc1ccc(CCBr)cc1. The second-order valence-corrected chi connectivity index (χ2v) is 5.76. The Morgan fingerprint density at radius 2 is 1.81 bits per heavy atom. The van der Waals surface area contributed by atoms with Crippen molar-refractivity contribution in [2.45, 2.75) is 32.8 Å². The number of aromatic hydroxyl groups is 1. The molecule has 21 heavy (non-hydrogen) atoms. The van der Waals surface area contributed by atoms with Gasteiger partial charge in [0.15, 0.2) is 0 Å². The number of benzene rings is 2. The number of phenols is 1. The fraction of sp³-hybridized carbons (Fsp3) is 0.333. The van der Waals surface area contributed by atoms with Gasteiger partial charge in [-0.15, -0.1) is 0 Å². The van der Waals surface area contributed by atoms with Gasteiger partial charge in [-0.3, -0.25) is 0 Å². The Morgan fingerprint density at radius 3 is 2.48 bits per heavy atom. The Labute approximate surface area is 134 Å². The molecule has 0 aliphatic carbocycles. The lowest BCUT2D eigenvalue weighted by molar-refractivity contribution is 0.300. The molecule has 1 radical (unpaired) electrons. The Balaban J connectivity index is 2.04. The third-order valence-corrected chi connectivity index (χ3v) is 3.74. The van der Waals surface area contributed by atoms with Crippen LogP contribution in [0.15, 0.2) is 36.4 Å². The third-order valence-electron chi connectivity index (χ3n) is 3.34. The van der Waals surface area contributed by atoms with Gasteiger partial charge in [0.25, 0.3) is 0 Å². The summed E-state index contributed by atoms with van der Waals surface area (Å²) in [6, 6.07) is 14.8. The Hall–Kier alpha value is -1.48. The highest BCUT2D eigenvalue weighted by Gasteiger charge is 2.08. The van der Waals surface area contributed by atoms with Crippen LogP contribution in [0, 0.1) is 6.07 Å². The number of alkyl halides is 1. The molecule has 111 valence electrons. The highest BCUT2D eigenvalue weighted by atomic mass is 79.9. The first-order valence-electron chi connectivity index (χ1n) is 7.23. The molecule has 1 N–H and O–H groups in total. The van der Waals surface area contributed by atoms with E-state index in [9.17, 15) is 5.11 Å². The van der Waals surface area contributed by atoms with Gasteiger partial charge in [-0.1, -0.05) is 53.5 Å². The Morgan fingerprint density at radius 1 is 1.10 bits per heavy atom. The van der Waals surface area contributed by atoms with Crippen LogP contribution in [-0.4, -0.2) is 10.4 Å². The lowest BCUT2D eigenvalue weighted by atomic mass is 10.1. The minimum absolute atomic E-state index is 0.196. The van der Waals surface area contributed by atoms with Crippen LogP contribution < -0.4 is 4.74 Å². The Kier molecular flexibility index (Phi) is 6.12. The second kappa shape index (κ2) is 8.08. The first kappa shape index (κ1) is 15.9. The minimum atomic E-state index is 0.196. The molecule has 0 amide bonds. The van der Waals surface area contributed by atoms with Crippen molar-refractivity contribution in [3.05, 3.63) is 59.2 Å². The molecule has 2 aromatic rings. The van der Waals surface area contributed by atoms with Crippen LogP contribution >= 0.6 is 15.9 Å². The summed E-state index contributed by atoms with van der Waals surface area (Å²) in [6.07, 6.45) is 2.79. The van der Waals surface area contributed by atoms with E-state index in [0.717, 1.165) is 41.5 Å². The van der Waals surface area contributed by atoms with Crippen LogP contribution in [-0.2, 0) is 19.4 Å². The smallest absolute Gasteiger partial charge is 0.130 e. The molecule has 0 atom stereocenters. The zero-order valence-corrected chi connectivity index (χ0v) is 13.8. The number of ether oxygens (including phenoxy) is 1. The molecule has 0 heterocycles. The van der Waals surface area contributed by atoms with Crippen molar-refractivity contribution in [3.8, 4) is 11.5 Å². The van der Waals surface area contributed by atoms with E-state index < -0.39 is 0 Å². The quantitative estimate of drug-likeness (QED) is 0.738. The Bertz CT molecular complexity index is 564. The topological polar surface area (TPSA) is 29.5 Å². The summed E-state index contributed by atoms with van der Waals surface area (Å²) in [5.74, 6) is 0.944. The predicted molar refractivity (Wildman–Crippen MR) is 89.2 cm³/mol. The van der Waals surface area contributed by atoms with E-state index in [2.05, 4.69) is 53.2 Å². The van der Waals surface area contributed by atoms with Crippen molar-refractivity contribution < 1.29 is 9.84 Å². The van der Waals surface area contributed by atoms with Crippen LogP contribution in [0.4, 0.5) is 0 Å². The lowest BCUT2D eigenvalue weighted by Crippen LogP contribution is -1.99. The van der Waals surface area contributed by atoms with Crippen molar-refractivity contribution in [2.24, 2.45) is 0 Å². The van der Waals surface area contributed by atoms with Crippen LogP contribution in [0.1, 0.15) is 30.0 Å². The maximum absolute atomic E-state index is 9.88. The molecule has 0 bridgehead atoms. The summed E-state index contributed by atoms with van der Waals surface area (Å²) in [5, 5.41) is 10.9. The van der Waals surface area contributed by atoms with Crippen molar-refractivity contribution in [3.63, 3.8) is 0 Å². The van der Waals surface area contributed by atoms with E-state index in [4.69, 9.17) is 4.74 Å². The average molecular weight is 348 g/mol. The van der Waals surface area contributed by atoms with Gasteiger partial charge in [0.1, 0.15) is 18.1 Å². The van der Waals surface area contributed by atoms with Crippen molar-refractivity contribution in [1.29, 1.82) is 0 Å². The predicted octanol–water partition coefficient (Wildman–Crippen LogP) is 4.66. The molecule has 0 saturated heterocycles. The maximum atomic E-state index is 9.88. The first-order valence-corrected chi connectivity index (χ1v) is 8.35.